The molecule has 1 saturated heterocycles. The quantitative estimate of drug-likeness (QED) is 0.706. The van der Waals surface area contributed by atoms with Gasteiger partial charge in [-0.2, -0.15) is 0 Å². The summed E-state index contributed by atoms with van der Waals surface area (Å²) in [7, 11) is 0. The standard InChI is InChI=1S/C21H38N2O4/c1-15(2)13-18(19(24)26-17-10-6-7-11-17)22-16-9-8-12-23(14-16)20(25)27-21(3,4)5/h15-18,22H,6-14H2,1-5H3/t16?,18-/m0/s1. The largest absolute Gasteiger partial charge is 0.461 e. The number of nitrogens with one attached hydrogen (secondary N) is 1. The highest BCUT2D eigenvalue weighted by Crippen LogP contribution is 2.23. The third kappa shape index (κ3) is 7.68. The Morgan fingerprint density at radius 1 is 1.11 bits per heavy atom. The summed E-state index contributed by atoms with van der Waals surface area (Å²) < 4.78 is 11.2. The van der Waals surface area contributed by atoms with E-state index in [4.69, 9.17) is 9.47 Å². The Bertz CT molecular complexity index is 495. The molecule has 0 bridgehead atoms. The van der Waals surface area contributed by atoms with Gasteiger partial charge < -0.3 is 14.4 Å². The normalized spacial score (nSPS) is 22.7. The predicted molar refractivity (Wildman–Crippen MR) is 106 cm³/mol. The SMILES string of the molecule is CC(C)C[C@H](NC1CCCN(C(=O)OC(C)(C)C)C1)C(=O)OC1CCCC1. The summed E-state index contributed by atoms with van der Waals surface area (Å²) in [6, 6.07) is -0.222. The minimum atomic E-state index is -0.497. The number of hydrogen-bond donors (Lipinski definition) is 1. The molecule has 0 aromatic carbocycles. The van der Waals surface area contributed by atoms with Gasteiger partial charge in [-0.3, -0.25) is 10.1 Å². The molecule has 1 heterocycles. The molecule has 0 aromatic rings. The van der Waals surface area contributed by atoms with E-state index >= 15 is 0 Å². The lowest BCUT2D eigenvalue weighted by molar-refractivity contribution is -0.152. The van der Waals surface area contributed by atoms with E-state index in [1.54, 1.807) is 4.90 Å². The van der Waals surface area contributed by atoms with Crippen molar-refractivity contribution in [2.75, 3.05) is 13.1 Å². The molecule has 1 N–H and O–H groups in total. The van der Waals surface area contributed by atoms with Crippen LogP contribution < -0.4 is 5.32 Å². The van der Waals surface area contributed by atoms with Crippen molar-refractivity contribution in [2.45, 2.75) is 103 Å². The molecule has 0 radical (unpaired) electrons. The Hall–Kier alpha value is -1.30. The maximum absolute atomic E-state index is 12.7. The van der Waals surface area contributed by atoms with Gasteiger partial charge in [-0.25, -0.2) is 4.79 Å². The van der Waals surface area contributed by atoms with Gasteiger partial charge in [0.15, 0.2) is 0 Å². The zero-order valence-corrected chi connectivity index (χ0v) is 17.8. The van der Waals surface area contributed by atoms with E-state index in [1.807, 2.05) is 20.8 Å². The highest BCUT2D eigenvalue weighted by Gasteiger charge is 2.32. The van der Waals surface area contributed by atoms with E-state index in [2.05, 4.69) is 19.2 Å². The van der Waals surface area contributed by atoms with Crippen LogP contribution in [0.15, 0.2) is 0 Å². The summed E-state index contributed by atoms with van der Waals surface area (Å²) in [5, 5.41) is 3.48. The van der Waals surface area contributed by atoms with Crippen LogP contribution in [0.25, 0.3) is 0 Å². The number of amides is 1. The fraction of sp³-hybridized carbons (Fsp3) is 0.905. The number of hydrogen-bond acceptors (Lipinski definition) is 5. The second kappa shape index (κ2) is 9.76. The summed E-state index contributed by atoms with van der Waals surface area (Å²) in [5.74, 6) is 0.258. The number of carbonyl (C=O) groups excluding carboxylic acids is 2. The lowest BCUT2D eigenvalue weighted by Crippen LogP contribution is -2.54. The van der Waals surface area contributed by atoms with Crippen LogP contribution in [0.1, 0.15) is 79.6 Å². The Morgan fingerprint density at radius 3 is 2.37 bits per heavy atom. The van der Waals surface area contributed by atoms with Gasteiger partial charge in [0.25, 0.3) is 0 Å². The number of nitrogens with zero attached hydrogens (tertiary/aromatic N) is 1. The molecule has 27 heavy (non-hydrogen) atoms. The molecule has 0 aromatic heterocycles. The van der Waals surface area contributed by atoms with Crippen molar-refractivity contribution >= 4 is 12.1 Å². The van der Waals surface area contributed by atoms with E-state index in [9.17, 15) is 9.59 Å². The first-order valence-corrected chi connectivity index (χ1v) is 10.6. The number of piperidine rings is 1. The van der Waals surface area contributed by atoms with Gasteiger partial charge in [-0.1, -0.05) is 13.8 Å². The van der Waals surface area contributed by atoms with Crippen molar-refractivity contribution in [3.05, 3.63) is 0 Å². The highest BCUT2D eigenvalue weighted by atomic mass is 16.6. The Labute approximate surface area is 164 Å². The molecular weight excluding hydrogens is 344 g/mol. The Kier molecular flexibility index (Phi) is 7.95. The summed E-state index contributed by atoms with van der Waals surface area (Å²) in [5.41, 5.74) is -0.497. The third-order valence-electron chi connectivity index (χ3n) is 5.09. The minimum absolute atomic E-state index is 0.0820. The van der Waals surface area contributed by atoms with Gasteiger partial charge in [0.05, 0.1) is 0 Å². The molecule has 0 spiro atoms. The first-order valence-electron chi connectivity index (χ1n) is 10.6. The topological polar surface area (TPSA) is 67.9 Å². The van der Waals surface area contributed by atoms with Crippen LogP contribution in [0.3, 0.4) is 0 Å². The first-order chi connectivity index (χ1) is 12.6. The van der Waals surface area contributed by atoms with E-state index in [1.165, 1.54) is 0 Å². The summed E-state index contributed by atoms with van der Waals surface area (Å²) in [4.78, 5) is 26.8. The molecule has 2 rings (SSSR count). The molecule has 2 atom stereocenters. The number of ether oxygens (including phenoxy) is 2. The van der Waals surface area contributed by atoms with Crippen molar-refractivity contribution in [3.8, 4) is 0 Å². The van der Waals surface area contributed by atoms with E-state index in [0.29, 0.717) is 19.0 Å². The number of carbonyl (C=O) groups is 2. The van der Waals surface area contributed by atoms with E-state index < -0.39 is 5.60 Å². The van der Waals surface area contributed by atoms with Crippen LogP contribution in [0, 0.1) is 5.92 Å². The zero-order chi connectivity index (χ0) is 20.0. The number of likely N-dealkylation sites (tertiary alicyclic amines) is 1. The van der Waals surface area contributed by atoms with Crippen LogP contribution in [0.5, 0.6) is 0 Å². The number of esters is 1. The van der Waals surface area contributed by atoms with E-state index in [-0.39, 0.29) is 30.3 Å². The predicted octanol–water partition coefficient (Wildman–Crippen LogP) is 3.88. The minimum Gasteiger partial charge on any atom is -0.461 e. The lowest BCUT2D eigenvalue weighted by atomic mass is 10.00. The molecule has 2 fully saturated rings. The first kappa shape index (κ1) is 22.0. The molecule has 1 aliphatic heterocycles. The molecular formula is C21H38N2O4. The highest BCUT2D eigenvalue weighted by molar-refractivity contribution is 5.76. The Balaban J connectivity index is 1.92. The maximum Gasteiger partial charge on any atom is 0.410 e. The van der Waals surface area contributed by atoms with Crippen LogP contribution in [0.4, 0.5) is 4.79 Å². The summed E-state index contributed by atoms with van der Waals surface area (Å²) in [6.45, 7) is 11.1. The molecule has 6 nitrogen and oxygen atoms in total. The fourth-order valence-corrected chi connectivity index (χ4v) is 3.85. The van der Waals surface area contributed by atoms with Crippen molar-refractivity contribution < 1.29 is 19.1 Å². The molecule has 1 aliphatic carbocycles. The summed E-state index contributed by atoms with van der Waals surface area (Å²) in [6.07, 6.45) is 6.66. The van der Waals surface area contributed by atoms with Crippen molar-refractivity contribution in [3.63, 3.8) is 0 Å². The van der Waals surface area contributed by atoms with Crippen LogP contribution >= 0.6 is 0 Å². The zero-order valence-electron chi connectivity index (χ0n) is 17.8. The lowest BCUT2D eigenvalue weighted by Gasteiger charge is -2.36. The molecule has 1 amide bonds. The molecule has 1 saturated carbocycles. The second-order valence-electron chi connectivity index (χ2n) is 9.46. The van der Waals surface area contributed by atoms with Gasteiger partial charge >= 0.3 is 12.1 Å². The van der Waals surface area contributed by atoms with E-state index in [0.717, 1.165) is 44.9 Å². The monoisotopic (exact) mass is 382 g/mol. The molecule has 156 valence electrons. The third-order valence-corrected chi connectivity index (χ3v) is 5.09. The van der Waals surface area contributed by atoms with Gasteiger partial charge in [0.1, 0.15) is 17.7 Å². The molecule has 6 heteroatoms. The van der Waals surface area contributed by atoms with Crippen LogP contribution in [0.2, 0.25) is 0 Å². The van der Waals surface area contributed by atoms with Crippen molar-refractivity contribution in [1.29, 1.82) is 0 Å². The molecule has 1 unspecified atom stereocenters. The summed E-state index contributed by atoms with van der Waals surface area (Å²) >= 11 is 0. The smallest absolute Gasteiger partial charge is 0.410 e. The van der Waals surface area contributed by atoms with Gasteiger partial charge in [-0.05, 0) is 71.6 Å². The van der Waals surface area contributed by atoms with Crippen LogP contribution in [-0.2, 0) is 14.3 Å². The van der Waals surface area contributed by atoms with Crippen LogP contribution in [-0.4, -0.2) is 53.8 Å². The van der Waals surface area contributed by atoms with Gasteiger partial charge in [0, 0.05) is 19.1 Å². The van der Waals surface area contributed by atoms with Gasteiger partial charge in [0.2, 0.25) is 0 Å². The second-order valence-corrected chi connectivity index (χ2v) is 9.46. The van der Waals surface area contributed by atoms with Crippen molar-refractivity contribution in [1.82, 2.24) is 10.2 Å². The average molecular weight is 383 g/mol. The van der Waals surface area contributed by atoms with Crippen molar-refractivity contribution in [2.24, 2.45) is 5.92 Å². The fourth-order valence-electron chi connectivity index (χ4n) is 3.85. The average Bonchev–Trinajstić information content (AvgIpc) is 3.05. The Morgan fingerprint density at radius 2 is 1.78 bits per heavy atom. The maximum atomic E-state index is 12.7. The van der Waals surface area contributed by atoms with Gasteiger partial charge in [-0.15, -0.1) is 0 Å². The molecule has 2 aliphatic rings. The number of rotatable bonds is 6.